The minimum Gasteiger partial charge on any atom is -0.493 e. The lowest BCUT2D eigenvalue weighted by atomic mass is 10.0. The molecule has 17 heavy (non-hydrogen) atoms. The molecule has 0 atom stereocenters. The fraction of sp³-hybridized carbons (Fsp3) is 0.462. The second-order valence-electron chi connectivity index (χ2n) is 4.02. The number of ether oxygens (including phenoxy) is 2. The maximum Gasteiger partial charge on any atom is 0.251 e. The zero-order chi connectivity index (χ0) is 12.1. The Morgan fingerprint density at radius 2 is 2.41 bits per heavy atom. The van der Waals surface area contributed by atoms with Gasteiger partial charge in [-0.25, -0.2) is 0 Å². The SMILES string of the molecule is COCCNC(=O)c1ccc2c(c1)CCCO2. The smallest absolute Gasteiger partial charge is 0.251 e. The van der Waals surface area contributed by atoms with Gasteiger partial charge in [-0.15, -0.1) is 0 Å². The number of nitrogens with one attached hydrogen (secondary N) is 1. The Hall–Kier alpha value is -1.55. The summed E-state index contributed by atoms with van der Waals surface area (Å²) >= 11 is 0. The molecule has 0 saturated heterocycles. The highest BCUT2D eigenvalue weighted by Crippen LogP contribution is 2.25. The monoisotopic (exact) mass is 235 g/mol. The van der Waals surface area contributed by atoms with Crippen molar-refractivity contribution >= 4 is 5.91 Å². The third kappa shape index (κ3) is 2.97. The van der Waals surface area contributed by atoms with Crippen molar-refractivity contribution in [1.82, 2.24) is 5.32 Å². The number of carbonyl (C=O) groups is 1. The van der Waals surface area contributed by atoms with Crippen LogP contribution in [0.1, 0.15) is 22.3 Å². The van der Waals surface area contributed by atoms with E-state index in [1.807, 2.05) is 12.1 Å². The predicted octanol–water partition coefficient (Wildman–Crippen LogP) is 1.39. The summed E-state index contributed by atoms with van der Waals surface area (Å²) in [6.07, 6.45) is 2.00. The van der Waals surface area contributed by atoms with E-state index >= 15 is 0 Å². The number of fused-ring (bicyclic) bond motifs is 1. The molecule has 4 heteroatoms. The summed E-state index contributed by atoms with van der Waals surface area (Å²) in [6, 6.07) is 5.59. The normalized spacial score (nSPS) is 13.7. The van der Waals surface area contributed by atoms with Crippen LogP contribution in [0.3, 0.4) is 0 Å². The number of rotatable bonds is 4. The molecule has 0 aromatic heterocycles. The van der Waals surface area contributed by atoms with E-state index in [0.717, 1.165) is 30.8 Å². The van der Waals surface area contributed by atoms with Crippen LogP contribution in [0, 0.1) is 0 Å². The first-order valence-electron chi connectivity index (χ1n) is 5.84. The molecule has 4 nitrogen and oxygen atoms in total. The van der Waals surface area contributed by atoms with E-state index in [-0.39, 0.29) is 5.91 Å². The first kappa shape index (κ1) is 11.9. The van der Waals surface area contributed by atoms with Gasteiger partial charge in [-0.1, -0.05) is 0 Å². The van der Waals surface area contributed by atoms with E-state index in [1.54, 1.807) is 13.2 Å². The molecule has 1 amide bonds. The van der Waals surface area contributed by atoms with E-state index < -0.39 is 0 Å². The van der Waals surface area contributed by atoms with Crippen LogP contribution in [0.4, 0.5) is 0 Å². The molecule has 1 heterocycles. The van der Waals surface area contributed by atoms with Gasteiger partial charge in [0.2, 0.25) is 0 Å². The van der Waals surface area contributed by atoms with Crippen LogP contribution in [-0.2, 0) is 11.2 Å². The summed E-state index contributed by atoms with van der Waals surface area (Å²) in [4.78, 5) is 11.8. The lowest BCUT2D eigenvalue weighted by Crippen LogP contribution is -2.27. The molecule has 0 radical (unpaired) electrons. The van der Waals surface area contributed by atoms with Crippen molar-refractivity contribution in [2.45, 2.75) is 12.8 Å². The second-order valence-corrected chi connectivity index (χ2v) is 4.02. The highest BCUT2D eigenvalue weighted by atomic mass is 16.5. The topological polar surface area (TPSA) is 47.6 Å². The largest absolute Gasteiger partial charge is 0.493 e. The van der Waals surface area contributed by atoms with Crippen LogP contribution >= 0.6 is 0 Å². The molecular formula is C13H17NO3. The fourth-order valence-corrected chi connectivity index (χ4v) is 1.87. The maximum atomic E-state index is 11.8. The van der Waals surface area contributed by atoms with E-state index in [1.165, 1.54) is 0 Å². The van der Waals surface area contributed by atoms with Crippen LogP contribution in [0.15, 0.2) is 18.2 Å². The highest BCUT2D eigenvalue weighted by molar-refractivity contribution is 5.94. The van der Waals surface area contributed by atoms with Gasteiger partial charge in [0.05, 0.1) is 13.2 Å². The Balaban J connectivity index is 2.03. The van der Waals surface area contributed by atoms with Gasteiger partial charge in [0.15, 0.2) is 0 Å². The van der Waals surface area contributed by atoms with E-state index in [9.17, 15) is 4.79 Å². The van der Waals surface area contributed by atoms with Crippen LogP contribution in [0.2, 0.25) is 0 Å². The summed E-state index contributed by atoms with van der Waals surface area (Å²) in [5.74, 6) is 0.847. The van der Waals surface area contributed by atoms with E-state index in [0.29, 0.717) is 18.7 Å². The maximum absolute atomic E-state index is 11.8. The Morgan fingerprint density at radius 3 is 3.24 bits per heavy atom. The lowest BCUT2D eigenvalue weighted by molar-refractivity contribution is 0.0937. The number of benzene rings is 1. The molecule has 1 aromatic carbocycles. The minimum atomic E-state index is -0.0598. The van der Waals surface area contributed by atoms with Crippen molar-refractivity contribution in [2.24, 2.45) is 0 Å². The van der Waals surface area contributed by atoms with Gasteiger partial charge in [0.1, 0.15) is 5.75 Å². The van der Waals surface area contributed by atoms with Crippen LogP contribution < -0.4 is 10.1 Å². The first-order chi connectivity index (χ1) is 8.31. The summed E-state index contributed by atoms with van der Waals surface area (Å²) < 4.78 is 10.4. The fourth-order valence-electron chi connectivity index (χ4n) is 1.87. The Bertz CT molecular complexity index is 404. The number of aryl methyl sites for hydroxylation is 1. The average Bonchev–Trinajstić information content (AvgIpc) is 2.38. The molecule has 0 spiro atoms. The van der Waals surface area contributed by atoms with Gasteiger partial charge >= 0.3 is 0 Å². The van der Waals surface area contributed by atoms with Gasteiger partial charge in [-0.05, 0) is 36.6 Å². The second kappa shape index (κ2) is 5.68. The number of carbonyl (C=O) groups excluding carboxylic acids is 1. The summed E-state index contributed by atoms with van der Waals surface area (Å²) in [5.41, 5.74) is 1.81. The number of hydrogen-bond acceptors (Lipinski definition) is 3. The van der Waals surface area contributed by atoms with Crippen molar-refractivity contribution in [3.05, 3.63) is 29.3 Å². The third-order valence-corrected chi connectivity index (χ3v) is 2.76. The van der Waals surface area contributed by atoms with Crippen molar-refractivity contribution < 1.29 is 14.3 Å². The number of amides is 1. The Labute approximate surface area is 101 Å². The van der Waals surface area contributed by atoms with Crippen molar-refractivity contribution in [3.63, 3.8) is 0 Å². The summed E-state index contributed by atoms with van der Waals surface area (Å²) in [6.45, 7) is 1.83. The van der Waals surface area contributed by atoms with Crippen molar-refractivity contribution in [3.8, 4) is 5.75 Å². The standard InChI is InChI=1S/C13H17NO3/c1-16-8-6-14-13(15)11-4-5-12-10(9-11)3-2-7-17-12/h4-5,9H,2-3,6-8H2,1H3,(H,14,15). The summed E-state index contributed by atoms with van der Waals surface area (Å²) in [7, 11) is 1.61. The van der Waals surface area contributed by atoms with Gasteiger partial charge in [-0.2, -0.15) is 0 Å². The van der Waals surface area contributed by atoms with Gasteiger partial charge in [-0.3, -0.25) is 4.79 Å². The van der Waals surface area contributed by atoms with Gasteiger partial charge in [0, 0.05) is 19.2 Å². The Morgan fingerprint density at radius 1 is 1.53 bits per heavy atom. The summed E-state index contributed by atoms with van der Waals surface area (Å²) in [5, 5.41) is 2.80. The molecule has 0 saturated carbocycles. The Kier molecular flexibility index (Phi) is 3.98. The molecule has 0 fully saturated rings. The van der Waals surface area contributed by atoms with Crippen molar-refractivity contribution in [1.29, 1.82) is 0 Å². The first-order valence-corrected chi connectivity index (χ1v) is 5.84. The molecule has 1 aromatic rings. The molecule has 1 aliphatic rings. The minimum absolute atomic E-state index is 0.0598. The van der Waals surface area contributed by atoms with Gasteiger partial charge in [0.25, 0.3) is 5.91 Å². The molecule has 1 aliphatic heterocycles. The average molecular weight is 235 g/mol. The van der Waals surface area contributed by atoms with Crippen LogP contribution in [-0.4, -0.2) is 32.8 Å². The molecule has 0 aliphatic carbocycles. The van der Waals surface area contributed by atoms with Crippen LogP contribution in [0.25, 0.3) is 0 Å². The van der Waals surface area contributed by atoms with Gasteiger partial charge < -0.3 is 14.8 Å². The van der Waals surface area contributed by atoms with Crippen LogP contribution in [0.5, 0.6) is 5.75 Å². The molecule has 0 unspecified atom stereocenters. The van der Waals surface area contributed by atoms with Crippen molar-refractivity contribution in [2.75, 3.05) is 26.9 Å². The third-order valence-electron chi connectivity index (χ3n) is 2.76. The van der Waals surface area contributed by atoms with E-state index in [2.05, 4.69) is 5.32 Å². The number of hydrogen-bond donors (Lipinski definition) is 1. The highest BCUT2D eigenvalue weighted by Gasteiger charge is 2.13. The molecule has 92 valence electrons. The zero-order valence-corrected chi connectivity index (χ0v) is 9.99. The quantitative estimate of drug-likeness (QED) is 0.802. The van der Waals surface area contributed by atoms with E-state index in [4.69, 9.17) is 9.47 Å². The molecule has 1 N–H and O–H groups in total. The lowest BCUT2D eigenvalue weighted by Gasteiger charge is -2.17. The predicted molar refractivity (Wildman–Crippen MR) is 64.5 cm³/mol. The molecular weight excluding hydrogens is 218 g/mol. The molecule has 2 rings (SSSR count). The molecule has 0 bridgehead atoms. The number of methoxy groups -OCH3 is 1. The zero-order valence-electron chi connectivity index (χ0n) is 9.99.